The van der Waals surface area contributed by atoms with E-state index in [4.69, 9.17) is 14.2 Å². The fourth-order valence-corrected chi connectivity index (χ4v) is 5.36. The van der Waals surface area contributed by atoms with Gasteiger partial charge in [-0.05, 0) is 99.8 Å². The molecule has 11 nitrogen and oxygen atoms in total. The summed E-state index contributed by atoms with van der Waals surface area (Å²) in [6.45, 7) is 15.7. The van der Waals surface area contributed by atoms with Gasteiger partial charge in [0.15, 0.2) is 23.3 Å². The molecule has 3 N–H and O–H groups in total. The van der Waals surface area contributed by atoms with Crippen molar-refractivity contribution in [2.45, 2.75) is 129 Å². The number of hydrogen-bond acceptors (Lipinski definition) is 8. The Morgan fingerprint density at radius 1 is 0.833 bits per heavy atom. The zero-order valence-electron chi connectivity index (χ0n) is 31.7. The molecule has 0 bridgehead atoms. The van der Waals surface area contributed by atoms with Gasteiger partial charge in [0.25, 0.3) is 0 Å². The Labute approximate surface area is 309 Å². The normalized spacial score (nSPS) is 18.3. The van der Waals surface area contributed by atoms with E-state index >= 15 is 0 Å². The van der Waals surface area contributed by atoms with Crippen LogP contribution >= 0.6 is 0 Å². The van der Waals surface area contributed by atoms with Gasteiger partial charge in [0.05, 0.1) is 6.10 Å². The molecule has 0 radical (unpaired) electrons. The van der Waals surface area contributed by atoms with E-state index in [1.165, 1.54) is 0 Å². The second-order valence-electron chi connectivity index (χ2n) is 15.0. The third kappa shape index (κ3) is 13.9. The number of nitrogens with one attached hydrogen (secondary N) is 3. The van der Waals surface area contributed by atoms with Crippen LogP contribution in [0, 0.1) is 34.9 Å². The van der Waals surface area contributed by atoms with Gasteiger partial charge in [-0.3, -0.25) is 9.59 Å². The van der Waals surface area contributed by atoms with Crippen molar-refractivity contribution in [2.75, 3.05) is 0 Å². The van der Waals surface area contributed by atoms with Gasteiger partial charge in [-0.2, -0.15) is 0 Å². The lowest BCUT2D eigenvalue weighted by Crippen LogP contribution is -2.56. The number of halogens is 6. The molecule has 54 heavy (non-hydrogen) atoms. The standard InChI is InChI=1S/C20H26F3NO5.C17H21F3N2O3/c1-10(2)28-18(26)16(24-19(27)29-20(4,5)6)9-13(11(3)25)14-7-12(21)8-15(22)17(14)23;1-8-10(11-5-9(18)6-12(19)14(11)20)7-13(15(23)21-8)22-16(24)25-17(2,3)4/h7-8,10,13,16H,9H2,1-6H3,(H,24,27);5-6,8,10,13H,7H2,1-4H3,(H,21,23)(H,22,24)/t;8-,10-,13?/m.1/s1. The third-order valence-corrected chi connectivity index (χ3v) is 7.58. The first-order chi connectivity index (χ1) is 24.7. The lowest BCUT2D eigenvalue weighted by Gasteiger charge is -2.35. The summed E-state index contributed by atoms with van der Waals surface area (Å²) in [4.78, 5) is 60.6. The SMILES string of the molecule is CC(=O)C(CC(NC(=O)OC(C)(C)C)C(=O)OC(C)C)c1cc(F)cc(F)c1F.C[C@H]1NC(=O)C(NC(=O)OC(C)(C)C)C[C@H]1c1cc(F)cc(F)c1F. The van der Waals surface area contributed by atoms with Crippen molar-refractivity contribution >= 4 is 29.8 Å². The summed E-state index contributed by atoms with van der Waals surface area (Å²) in [5.41, 5.74) is -2.35. The van der Waals surface area contributed by atoms with Crippen LogP contribution in [0.2, 0.25) is 0 Å². The smallest absolute Gasteiger partial charge is 0.408 e. The van der Waals surface area contributed by atoms with E-state index in [0.29, 0.717) is 18.2 Å². The first-order valence-corrected chi connectivity index (χ1v) is 17.0. The van der Waals surface area contributed by atoms with Crippen LogP contribution < -0.4 is 16.0 Å². The van der Waals surface area contributed by atoms with Gasteiger partial charge in [0.1, 0.15) is 40.7 Å². The average molecular weight is 776 g/mol. The lowest BCUT2D eigenvalue weighted by molar-refractivity contribution is -0.150. The van der Waals surface area contributed by atoms with Crippen molar-refractivity contribution in [3.8, 4) is 0 Å². The van der Waals surface area contributed by atoms with E-state index in [1.54, 1.807) is 62.3 Å². The van der Waals surface area contributed by atoms with E-state index in [2.05, 4.69) is 16.0 Å². The van der Waals surface area contributed by atoms with Gasteiger partial charge in [0.2, 0.25) is 5.91 Å². The van der Waals surface area contributed by atoms with Gasteiger partial charge in [-0.25, -0.2) is 40.7 Å². The largest absolute Gasteiger partial charge is 0.461 e. The van der Waals surface area contributed by atoms with Crippen LogP contribution in [-0.4, -0.2) is 65.3 Å². The summed E-state index contributed by atoms with van der Waals surface area (Å²) in [6.07, 6.45) is -2.78. The van der Waals surface area contributed by atoms with Crippen molar-refractivity contribution in [3.05, 3.63) is 70.3 Å². The number of ether oxygens (including phenoxy) is 3. The molecule has 300 valence electrons. The van der Waals surface area contributed by atoms with Crippen LogP contribution in [0.1, 0.15) is 105 Å². The first-order valence-electron chi connectivity index (χ1n) is 17.0. The summed E-state index contributed by atoms with van der Waals surface area (Å²) < 4.78 is 97.8. The number of ketones is 1. The summed E-state index contributed by atoms with van der Waals surface area (Å²) in [6, 6.07) is -0.570. The molecule has 1 aliphatic rings. The highest BCUT2D eigenvalue weighted by Crippen LogP contribution is 2.32. The minimum atomic E-state index is -1.47. The number of alkyl carbamates (subject to hydrolysis) is 2. The van der Waals surface area contributed by atoms with E-state index < -0.39 is 124 Å². The number of amides is 3. The molecule has 3 unspecified atom stereocenters. The van der Waals surface area contributed by atoms with Crippen molar-refractivity contribution in [3.63, 3.8) is 0 Å². The fourth-order valence-electron chi connectivity index (χ4n) is 5.36. The second-order valence-corrected chi connectivity index (χ2v) is 15.0. The Kier molecular flexibility index (Phi) is 15.5. The van der Waals surface area contributed by atoms with Crippen LogP contribution in [0.15, 0.2) is 24.3 Å². The molecule has 1 saturated heterocycles. The molecule has 1 heterocycles. The zero-order chi connectivity index (χ0) is 41.5. The Morgan fingerprint density at radius 2 is 1.35 bits per heavy atom. The maximum Gasteiger partial charge on any atom is 0.408 e. The molecule has 0 spiro atoms. The molecule has 0 aliphatic carbocycles. The number of hydrogen-bond donors (Lipinski definition) is 3. The van der Waals surface area contributed by atoms with Crippen molar-refractivity contribution < 1.29 is 64.5 Å². The molecule has 3 amide bonds. The van der Waals surface area contributed by atoms with Crippen LogP contribution in [0.3, 0.4) is 0 Å². The van der Waals surface area contributed by atoms with Gasteiger partial charge in [0, 0.05) is 35.6 Å². The maximum atomic E-state index is 14.2. The van der Waals surface area contributed by atoms with E-state index in [1.807, 2.05) is 0 Å². The van der Waals surface area contributed by atoms with E-state index in [9.17, 15) is 50.3 Å². The Morgan fingerprint density at radius 3 is 1.87 bits per heavy atom. The minimum Gasteiger partial charge on any atom is -0.461 e. The third-order valence-electron chi connectivity index (χ3n) is 7.58. The van der Waals surface area contributed by atoms with Crippen molar-refractivity contribution in [1.82, 2.24) is 16.0 Å². The van der Waals surface area contributed by atoms with Gasteiger partial charge in [-0.1, -0.05) is 0 Å². The van der Waals surface area contributed by atoms with Crippen LogP contribution in [-0.2, 0) is 28.6 Å². The molecule has 17 heteroatoms. The van der Waals surface area contributed by atoms with Crippen molar-refractivity contribution in [2.24, 2.45) is 0 Å². The number of benzene rings is 2. The highest BCUT2D eigenvalue weighted by atomic mass is 19.2. The molecule has 0 saturated carbocycles. The number of piperidine rings is 1. The number of esters is 1. The number of carbonyl (C=O) groups excluding carboxylic acids is 5. The lowest BCUT2D eigenvalue weighted by atomic mass is 9.83. The molecular weight excluding hydrogens is 728 g/mol. The van der Waals surface area contributed by atoms with Crippen LogP contribution in [0.5, 0.6) is 0 Å². The first kappa shape index (κ1) is 45.3. The predicted octanol–water partition coefficient (Wildman–Crippen LogP) is 7.00. The second kappa shape index (κ2) is 18.5. The number of carbonyl (C=O) groups is 5. The maximum absolute atomic E-state index is 14.2. The Balaban J connectivity index is 0.000000377. The van der Waals surface area contributed by atoms with Gasteiger partial charge < -0.3 is 30.2 Å². The predicted molar refractivity (Wildman–Crippen MR) is 183 cm³/mol. The monoisotopic (exact) mass is 775 g/mol. The summed E-state index contributed by atoms with van der Waals surface area (Å²) in [5.74, 6) is -11.4. The molecule has 1 aliphatic heterocycles. The Bertz CT molecular complexity index is 1710. The Hall–Kier alpha value is -4.83. The topological polar surface area (TPSA) is 149 Å². The minimum absolute atomic E-state index is 0.00788. The quantitative estimate of drug-likeness (QED) is 0.107. The highest BCUT2D eigenvalue weighted by Gasteiger charge is 2.38. The molecular formula is C37H47F6N3O8. The summed E-state index contributed by atoms with van der Waals surface area (Å²) in [5, 5.41) is 7.29. The molecule has 1 fully saturated rings. The summed E-state index contributed by atoms with van der Waals surface area (Å²) >= 11 is 0. The van der Waals surface area contributed by atoms with Gasteiger partial charge in [-0.15, -0.1) is 0 Å². The fraction of sp³-hybridized carbons (Fsp3) is 0.541. The summed E-state index contributed by atoms with van der Waals surface area (Å²) in [7, 11) is 0. The van der Waals surface area contributed by atoms with Crippen LogP contribution in [0.4, 0.5) is 35.9 Å². The zero-order valence-corrected chi connectivity index (χ0v) is 31.7. The average Bonchev–Trinajstić information content (AvgIpc) is 2.98. The molecule has 2 aromatic rings. The molecule has 0 aromatic heterocycles. The molecule has 2 aromatic carbocycles. The number of rotatable bonds is 9. The number of Topliss-reactive ketones (excluding diaryl/α,β-unsaturated/α-hetero) is 1. The van der Waals surface area contributed by atoms with E-state index in [0.717, 1.165) is 13.0 Å². The molecule has 5 atom stereocenters. The van der Waals surface area contributed by atoms with Gasteiger partial charge >= 0.3 is 18.2 Å². The highest BCUT2D eigenvalue weighted by molar-refractivity contribution is 5.87. The van der Waals surface area contributed by atoms with E-state index in [-0.39, 0.29) is 12.0 Å². The molecule has 3 rings (SSSR count). The van der Waals surface area contributed by atoms with Crippen molar-refractivity contribution in [1.29, 1.82) is 0 Å². The van der Waals surface area contributed by atoms with Crippen LogP contribution in [0.25, 0.3) is 0 Å².